The average Bonchev–Trinajstić information content (AvgIpc) is 3.11. The number of hydrogen-bond donors (Lipinski definition) is 1. The van der Waals surface area contributed by atoms with E-state index in [9.17, 15) is 13.2 Å². The number of anilines is 1. The van der Waals surface area contributed by atoms with Crippen molar-refractivity contribution in [1.29, 1.82) is 0 Å². The molecule has 0 atom stereocenters. The standard InChI is InChI=1S/C20H19Cl2N3O3S2/c1-12-4-7-16(30(27,28)25(2)3)10-17(12)19(26)24-20-23-11-15(29-20)8-13-5-6-14(21)9-18(13)22/h4-7,9-11H,8H2,1-3H3,(H,23,24,26). The number of thiazole rings is 1. The molecule has 0 radical (unpaired) electrons. The maximum absolute atomic E-state index is 12.8. The molecule has 6 nitrogen and oxygen atoms in total. The fraction of sp³-hybridized carbons (Fsp3) is 0.200. The molecular formula is C20H19Cl2N3O3S2. The SMILES string of the molecule is Cc1ccc(S(=O)(=O)N(C)C)cc1C(=O)Nc1ncc(Cc2ccc(Cl)cc2Cl)s1. The van der Waals surface area contributed by atoms with Crippen molar-refractivity contribution < 1.29 is 13.2 Å². The zero-order valence-corrected chi connectivity index (χ0v) is 19.6. The lowest BCUT2D eigenvalue weighted by Crippen LogP contribution is -2.23. The summed E-state index contributed by atoms with van der Waals surface area (Å²) in [5.41, 5.74) is 1.84. The van der Waals surface area contributed by atoms with E-state index in [0.717, 1.165) is 14.7 Å². The summed E-state index contributed by atoms with van der Waals surface area (Å²) in [6.45, 7) is 1.75. The van der Waals surface area contributed by atoms with Crippen LogP contribution in [0.2, 0.25) is 10.0 Å². The predicted molar refractivity (Wildman–Crippen MR) is 121 cm³/mol. The Kier molecular flexibility index (Phi) is 6.84. The van der Waals surface area contributed by atoms with Crippen molar-refractivity contribution in [3.05, 3.63) is 74.2 Å². The summed E-state index contributed by atoms with van der Waals surface area (Å²) in [5, 5.41) is 4.29. The second-order valence-corrected chi connectivity index (χ2v) is 10.9. The maximum atomic E-state index is 12.8. The maximum Gasteiger partial charge on any atom is 0.257 e. The van der Waals surface area contributed by atoms with E-state index in [-0.39, 0.29) is 10.5 Å². The van der Waals surface area contributed by atoms with Gasteiger partial charge in [-0.15, -0.1) is 11.3 Å². The highest BCUT2D eigenvalue weighted by atomic mass is 35.5. The molecule has 0 aliphatic rings. The number of sulfonamides is 1. The van der Waals surface area contributed by atoms with Crippen molar-refractivity contribution >= 4 is 55.6 Å². The van der Waals surface area contributed by atoms with Gasteiger partial charge >= 0.3 is 0 Å². The summed E-state index contributed by atoms with van der Waals surface area (Å²) < 4.78 is 25.8. The van der Waals surface area contributed by atoms with Crippen LogP contribution in [0.15, 0.2) is 47.5 Å². The molecule has 1 amide bonds. The van der Waals surface area contributed by atoms with Gasteiger partial charge in [0.1, 0.15) is 0 Å². The molecule has 1 heterocycles. The molecular weight excluding hydrogens is 465 g/mol. The molecule has 3 rings (SSSR count). The number of nitrogens with one attached hydrogen (secondary N) is 1. The van der Waals surface area contributed by atoms with Gasteiger partial charge in [-0.05, 0) is 42.3 Å². The van der Waals surface area contributed by atoms with E-state index < -0.39 is 15.9 Å². The van der Waals surface area contributed by atoms with Crippen molar-refractivity contribution in [2.24, 2.45) is 0 Å². The van der Waals surface area contributed by atoms with Gasteiger partial charge in [0, 0.05) is 47.2 Å². The van der Waals surface area contributed by atoms with Gasteiger partial charge in [-0.1, -0.05) is 35.3 Å². The third kappa shape index (κ3) is 5.01. The minimum Gasteiger partial charge on any atom is -0.298 e. The Morgan fingerprint density at radius 1 is 1.17 bits per heavy atom. The lowest BCUT2D eigenvalue weighted by Gasteiger charge is -2.13. The third-order valence-corrected chi connectivity index (χ3v) is 7.70. The van der Waals surface area contributed by atoms with E-state index in [1.54, 1.807) is 31.3 Å². The summed E-state index contributed by atoms with van der Waals surface area (Å²) in [7, 11) is -0.755. The van der Waals surface area contributed by atoms with E-state index in [2.05, 4.69) is 10.3 Å². The average molecular weight is 484 g/mol. The number of carbonyl (C=O) groups is 1. The van der Waals surface area contributed by atoms with Crippen molar-refractivity contribution in [2.45, 2.75) is 18.2 Å². The number of halogens is 2. The molecule has 0 fully saturated rings. The fourth-order valence-corrected chi connectivity index (χ4v) is 4.92. The minimum atomic E-state index is -3.64. The van der Waals surface area contributed by atoms with Crippen LogP contribution < -0.4 is 5.32 Å². The highest BCUT2D eigenvalue weighted by Crippen LogP contribution is 2.27. The summed E-state index contributed by atoms with van der Waals surface area (Å²) in [5.74, 6) is -0.422. The van der Waals surface area contributed by atoms with Gasteiger partial charge in [-0.25, -0.2) is 17.7 Å². The van der Waals surface area contributed by atoms with Crippen LogP contribution in [0.25, 0.3) is 0 Å². The Bertz CT molecular complexity index is 1210. The van der Waals surface area contributed by atoms with E-state index in [1.165, 1.54) is 37.6 Å². The topological polar surface area (TPSA) is 79.4 Å². The van der Waals surface area contributed by atoms with Gasteiger partial charge < -0.3 is 0 Å². The first-order valence-electron chi connectivity index (χ1n) is 8.81. The number of benzene rings is 2. The Balaban J connectivity index is 1.79. The molecule has 0 saturated heterocycles. The number of hydrogen-bond acceptors (Lipinski definition) is 5. The Morgan fingerprint density at radius 2 is 1.90 bits per heavy atom. The number of rotatable bonds is 6. The largest absolute Gasteiger partial charge is 0.298 e. The molecule has 0 unspecified atom stereocenters. The molecule has 10 heteroatoms. The quantitative estimate of drug-likeness (QED) is 0.543. The monoisotopic (exact) mass is 483 g/mol. The number of amides is 1. The van der Waals surface area contributed by atoms with Gasteiger partial charge in [0.15, 0.2) is 5.13 Å². The fourth-order valence-electron chi connectivity index (χ4n) is 2.68. The molecule has 0 saturated carbocycles. The molecule has 0 aliphatic heterocycles. The van der Waals surface area contributed by atoms with Crippen LogP contribution in [0, 0.1) is 6.92 Å². The first-order valence-corrected chi connectivity index (χ1v) is 11.8. The Labute approximate surface area is 189 Å². The van der Waals surface area contributed by atoms with Crippen molar-refractivity contribution in [1.82, 2.24) is 9.29 Å². The van der Waals surface area contributed by atoms with Crippen molar-refractivity contribution in [2.75, 3.05) is 19.4 Å². The molecule has 0 spiro atoms. The summed E-state index contributed by atoms with van der Waals surface area (Å²) in [4.78, 5) is 18.0. The van der Waals surface area contributed by atoms with Crippen LogP contribution >= 0.6 is 34.5 Å². The number of carbonyl (C=O) groups excluding carboxylic acids is 1. The summed E-state index contributed by atoms with van der Waals surface area (Å²) in [6.07, 6.45) is 2.23. The lowest BCUT2D eigenvalue weighted by atomic mass is 10.1. The third-order valence-electron chi connectivity index (χ3n) is 4.39. The molecule has 2 aromatic carbocycles. The van der Waals surface area contributed by atoms with Crippen LogP contribution in [0.4, 0.5) is 5.13 Å². The smallest absolute Gasteiger partial charge is 0.257 e. The van der Waals surface area contributed by atoms with Crippen LogP contribution in [0.5, 0.6) is 0 Å². The van der Waals surface area contributed by atoms with Crippen molar-refractivity contribution in [3.8, 4) is 0 Å². The van der Waals surface area contributed by atoms with Gasteiger partial charge in [0.2, 0.25) is 10.0 Å². The van der Waals surface area contributed by atoms with E-state index in [1.807, 2.05) is 6.07 Å². The van der Waals surface area contributed by atoms with Crippen LogP contribution in [-0.2, 0) is 16.4 Å². The number of aryl methyl sites for hydroxylation is 1. The van der Waals surface area contributed by atoms with Gasteiger partial charge in [0.05, 0.1) is 4.90 Å². The zero-order valence-electron chi connectivity index (χ0n) is 16.4. The first-order chi connectivity index (χ1) is 14.1. The van der Waals surface area contributed by atoms with Crippen LogP contribution in [0.1, 0.15) is 26.4 Å². The minimum absolute atomic E-state index is 0.0560. The summed E-state index contributed by atoms with van der Waals surface area (Å²) >= 11 is 13.5. The van der Waals surface area contributed by atoms with E-state index >= 15 is 0 Å². The number of aromatic nitrogens is 1. The molecule has 1 N–H and O–H groups in total. The molecule has 1 aromatic heterocycles. The number of nitrogens with zero attached hydrogens (tertiary/aromatic N) is 2. The Hall–Kier alpha value is -1.97. The van der Waals surface area contributed by atoms with Gasteiger partial charge in [-0.2, -0.15) is 0 Å². The van der Waals surface area contributed by atoms with Crippen LogP contribution in [-0.4, -0.2) is 37.7 Å². The second kappa shape index (κ2) is 9.03. The normalized spacial score (nSPS) is 11.7. The van der Waals surface area contributed by atoms with E-state index in [0.29, 0.717) is 27.2 Å². The van der Waals surface area contributed by atoms with Crippen LogP contribution in [0.3, 0.4) is 0 Å². The highest BCUT2D eigenvalue weighted by Gasteiger charge is 2.20. The van der Waals surface area contributed by atoms with E-state index in [4.69, 9.17) is 23.2 Å². The molecule has 0 aliphatic carbocycles. The molecule has 0 bridgehead atoms. The molecule has 158 valence electrons. The summed E-state index contributed by atoms with van der Waals surface area (Å²) in [6, 6.07) is 9.77. The first kappa shape index (κ1) is 22.7. The zero-order chi connectivity index (χ0) is 22.1. The highest BCUT2D eigenvalue weighted by molar-refractivity contribution is 7.89. The predicted octanol–water partition coefficient (Wildman–Crippen LogP) is 4.85. The Morgan fingerprint density at radius 3 is 2.57 bits per heavy atom. The van der Waals surface area contributed by atoms with Gasteiger partial charge in [-0.3, -0.25) is 10.1 Å². The van der Waals surface area contributed by atoms with Gasteiger partial charge in [0.25, 0.3) is 5.91 Å². The van der Waals surface area contributed by atoms with Crippen molar-refractivity contribution in [3.63, 3.8) is 0 Å². The molecule has 3 aromatic rings. The molecule has 30 heavy (non-hydrogen) atoms. The lowest BCUT2D eigenvalue weighted by molar-refractivity contribution is 0.102. The second-order valence-electron chi connectivity index (χ2n) is 6.76.